The molecule has 0 unspecified atom stereocenters. The highest BCUT2D eigenvalue weighted by Crippen LogP contribution is 2.38. The van der Waals surface area contributed by atoms with Crippen LogP contribution in [0.4, 0.5) is 13.2 Å². The number of hydrogen-bond acceptors (Lipinski definition) is 4. The van der Waals surface area contributed by atoms with Gasteiger partial charge in [0.25, 0.3) is 0 Å². The summed E-state index contributed by atoms with van der Waals surface area (Å²) in [5.41, 5.74) is 1.53. The van der Waals surface area contributed by atoms with E-state index in [9.17, 15) is 21.6 Å². The Morgan fingerprint density at radius 2 is 1.79 bits per heavy atom. The van der Waals surface area contributed by atoms with Crippen LogP contribution in [0, 0.1) is 0 Å². The highest BCUT2D eigenvalue weighted by atomic mass is 32.2. The van der Waals surface area contributed by atoms with Gasteiger partial charge in [0.15, 0.2) is 0 Å². The molecule has 156 valence electrons. The SMILES string of the molecule is CN1OC[C@@H](S(=O)(=O)N2CCc3ccccc3C2)[C@H]1c1cccc(C(F)(F)F)c1. The van der Waals surface area contributed by atoms with Crippen LogP contribution in [0.25, 0.3) is 0 Å². The fraction of sp³-hybridized carbons (Fsp3) is 0.400. The van der Waals surface area contributed by atoms with Crippen molar-refractivity contribution in [3.63, 3.8) is 0 Å². The summed E-state index contributed by atoms with van der Waals surface area (Å²) in [5, 5.41) is 0.358. The van der Waals surface area contributed by atoms with Gasteiger partial charge in [-0.15, -0.1) is 0 Å². The maximum atomic E-state index is 13.4. The normalized spacial score (nSPS) is 23.9. The van der Waals surface area contributed by atoms with Crippen LogP contribution in [0.15, 0.2) is 48.5 Å². The van der Waals surface area contributed by atoms with E-state index < -0.39 is 33.1 Å². The van der Waals surface area contributed by atoms with E-state index in [1.54, 1.807) is 7.05 Å². The molecule has 2 atom stereocenters. The summed E-state index contributed by atoms with van der Waals surface area (Å²) in [4.78, 5) is 5.45. The zero-order valence-electron chi connectivity index (χ0n) is 15.8. The first-order chi connectivity index (χ1) is 13.7. The fourth-order valence-electron chi connectivity index (χ4n) is 4.05. The van der Waals surface area contributed by atoms with Gasteiger partial charge in [0.1, 0.15) is 5.25 Å². The zero-order valence-corrected chi connectivity index (χ0v) is 16.6. The van der Waals surface area contributed by atoms with Crippen LogP contribution >= 0.6 is 0 Å². The Labute approximate surface area is 167 Å². The lowest BCUT2D eigenvalue weighted by Crippen LogP contribution is -2.44. The van der Waals surface area contributed by atoms with E-state index in [-0.39, 0.29) is 18.7 Å². The van der Waals surface area contributed by atoms with Crippen LogP contribution in [-0.4, -0.2) is 43.2 Å². The van der Waals surface area contributed by atoms with Crippen molar-refractivity contribution in [2.45, 2.75) is 30.4 Å². The topological polar surface area (TPSA) is 49.9 Å². The van der Waals surface area contributed by atoms with Crippen LogP contribution in [0.2, 0.25) is 0 Å². The summed E-state index contributed by atoms with van der Waals surface area (Å²) in [7, 11) is -2.25. The molecule has 2 aliphatic rings. The summed E-state index contributed by atoms with van der Waals surface area (Å²) in [6.45, 7) is 0.501. The summed E-state index contributed by atoms with van der Waals surface area (Å²) >= 11 is 0. The first kappa shape index (κ1) is 20.3. The lowest BCUT2D eigenvalue weighted by molar-refractivity contribution is -0.138. The van der Waals surface area contributed by atoms with Crippen LogP contribution in [-0.2, 0) is 34.0 Å². The van der Waals surface area contributed by atoms with Gasteiger partial charge in [0, 0.05) is 20.1 Å². The minimum atomic E-state index is -4.50. The number of rotatable bonds is 3. The molecule has 0 spiro atoms. The Balaban J connectivity index is 1.65. The largest absolute Gasteiger partial charge is 0.416 e. The van der Waals surface area contributed by atoms with Crippen molar-refractivity contribution in [1.29, 1.82) is 0 Å². The number of hydrogen-bond donors (Lipinski definition) is 0. The van der Waals surface area contributed by atoms with E-state index in [0.717, 1.165) is 23.3 Å². The van der Waals surface area contributed by atoms with Gasteiger partial charge in [-0.25, -0.2) is 8.42 Å². The van der Waals surface area contributed by atoms with E-state index in [2.05, 4.69) is 0 Å². The van der Waals surface area contributed by atoms with Gasteiger partial charge in [-0.1, -0.05) is 36.4 Å². The molecule has 0 aliphatic carbocycles. The molecule has 0 amide bonds. The van der Waals surface area contributed by atoms with Crippen LogP contribution < -0.4 is 0 Å². The summed E-state index contributed by atoms with van der Waals surface area (Å²) in [5.74, 6) is 0. The second-order valence-electron chi connectivity index (χ2n) is 7.35. The van der Waals surface area contributed by atoms with Crippen molar-refractivity contribution >= 4 is 10.0 Å². The zero-order chi connectivity index (χ0) is 20.8. The van der Waals surface area contributed by atoms with Gasteiger partial charge in [0.2, 0.25) is 10.0 Å². The van der Waals surface area contributed by atoms with Gasteiger partial charge in [-0.2, -0.15) is 22.5 Å². The number of halogens is 3. The Kier molecular flexibility index (Phi) is 5.18. The molecule has 0 N–H and O–H groups in total. The molecule has 29 heavy (non-hydrogen) atoms. The van der Waals surface area contributed by atoms with Crippen LogP contribution in [0.3, 0.4) is 0 Å². The van der Waals surface area contributed by atoms with Gasteiger partial charge >= 0.3 is 6.18 Å². The third-order valence-corrected chi connectivity index (χ3v) is 7.77. The summed E-state index contributed by atoms with van der Waals surface area (Å²) in [6, 6.07) is 11.6. The van der Waals surface area contributed by atoms with E-state index >= 15 is 0 Å². The lowest BCUT2D eigenvalue weighted by atomic mass is 10.0. The molecular weight excluding hydrogens is 405 g/mol. The molecule has 0 radical (unpaired) electrons. The van der Waals surface area contributed by atoms with Gasteiger partial charge < -0.3 is 0 Å². The van der Waals surface area contributed by atoms with E-state index in [1.165, 1.54) is 21.5 Å². The average Bonchev–Trinajstić information content (AvgIpc) is 3.09. The molecule has 0 saturated carbocycles. The Bertz CT molecular complexity index is 1010. The maximum absolute atomic E-state index is 13.4. The van der Waals surface area contributed by atoms with Crippen molar-refractivity contribution in [1.82, 2.24) is 9.37 Å². The molecule has 0 aromatic heterocycles. The van der Waals surface area contributed by atoms with Crippen molar-refractivity contribution in [2.75, 3.05) is 20.2 Å². The average molecular weight is 426 g/mol. The number of hydroxylamine groups is 2. The number of benzene rings is 2. The molecule has 0 bridgehead atoms. The van der Waals surface area contributed by atoms with E-state index in [1.807, 2.05) is 24.3 Å². The van der Waals surface area contributed by atoms with Crippen LogP contribution in [0.1, 0.15) is 28.3 Å². The Morgan fingerprint density at radius 3 is 2.52 bits per heavy atom. The maximum Gasteiger partial charge on any atom is 0.416 e. The van der Waals surface area contributed by atoms with E-state index in [4.69, 9.17) is 4.84 Å². The number of sulfonamides is 1. The standard InChI is InChI=1S/C20H21F3N2O3S/c1-24-19(15-7-4-8-17(11-15)20(21,22)23)18(13-28-24)29(26,27)25-10-9-14-5-2-3-6-16(14)12-25/h2-8,11,18-19H,9-10,12-13H2,1H3/t18-,19-/m1/s1. The monoisotopic (exact) mass is 426 g/mol. The highest BCUT2D eigenvalue weighted by molar-refractivity contribution is 7.89. The number of fused-ring (bicyclic) bond motifs is 1. The summed E-state index contributed by atoms with van der Waals surface area (Å²) < 4.78 is 67.7. The van der Waals surface area contributed by atoms with Crippen LogP contribution in [0.5, 0.6) is 0 Å². The van der Waals surface area contributed by atoms with Crippen molar-refractivity contribution in [2.24, 2.45) is 0 Å². The first-order valence-corrected chi connectivity index (χ1v) is 10.8. The molecule has 2 heterocycles. The Morgan fingerprint density at radius 1 is 1.07 bits per heavy atom. The minimum absolute atomic E-state index is 0.0993. The quantitative estimate of drug-likeness (QED) is 0.755. The number of alkyl halides is 3. The van der Waals surface area contributed by atoms with Crippen molar-refractivity contribution in [3.05, 3.63) is 70.8 Å². The van der Waals surface area contributed by atoms with Gasteiger partial charge in [-0.05, 0) is 35.2 Å². The number of nitrogens with zero attached hydrogens (tertiary/aromatic N) is 2. The second kappa shape index (κ2) is 7.39. The molecule has 2 aliphatic heterocycles. The van der Waals surface area contributed by atoms with Crippen molar-refractivity contribution < 1.29 is 26.4 Å². The lowest BCUT2D eigenvalue weighted by Gasteiger charge is -2.32. The smallest absolute Gasteiger partial charge is 0.297 e. The molecule has 2 aromatic carbocycles. The predicted molar refractivity (Wildman–Crippen MR) is 101 cm³/mol. The third kappa shape index (κ3) is 3.79. The fourth-order valence-corrected chi connectivity index (χ4v) is 5.98. The minimum Gasteiger partial charge on any atom is -0.297 e. The van der Waals surface area contributed by atoms with Gasteiger partial charge in [-0.3, -0.25) is 4.84 Å². The highest BCUT2D eigenvalue weighted by Gasteiger charge is 2.46. The Hall–Kier alpha value is -1.94. The molecular formula is C20H21F3N2O3S. The van der Waals surface area contributed by atoms with Crippen molar-refractivity contribution in [3.8, 4) is 0 Å². The molecule has 9 heteroatoms. The molecule has 4 rings (SSSR count). The van der Waals surface area contributed by atoms with Gasteiger partial charge in [0.05, 0.1) is 18.2 Å². The second-order valence-corrected chi connectivity index (χ2v) is 9.50. The molecule has 2 aromatic rings. The van der Waals surface area contributed by atoms with E-state index in [0.29, 0.717) is 13.0 Å². The molecule has 1 fully saturated rings. The summed E-state index contributed by atoms with van der Waals surface area (Å²) in [6.07, 6.45) is -3.90. The molecule has 5 nitrogen and oxygen atoms in total. The first-order valence-electron chi connectivity index (χ1n) is 9.26. The third-order valence-electron chi connectivity index (χ3n) is 5.58. The molecule has 1 saturated heterocycles. The predicted octanol–water partition coefficient (Wildman–Crippen LogP) is 3.38.